The lowest BCUT2D eigenvalue weighted by molar-refractivity contribution is 0.0942. The van der Waals surface area contributed by atoms with Crippen molar-refractivity contribution in [2.24, 2.45) is 0 Å². The van der Waals surface area contributed by atoms with Gasteiger partial charge in [-0.3, -0.25) is 4.79 Å². The van der Waals surface area contributed by atoms with Crippen molar-refractivity contribution >= 4 is 11.7 Å². The van der Waals surface area contributed by atoms with E-state index in [0.717, 1.165) is 5.82 Å². The Labute approximate surface area is 135 Å². The van der Waals surface area contributed by atoms with Gasteiger partial charge in [0.05, 0.1) is 12.8 Å². The highest BCUT2D eigenvalue weighted by Gasteiger charge is 2.13. The fourth-order valence-corrected chi connectivity index (χ4v) is 2.83. The van der Waals surface area contributed by atoms with Crippen LogP contribution in [0.15, 0.2) is 34.9 Å². The van der Waals surface area contributed by atoms with Gasteiger partial charge in [0.25, 0.3) is 5.91 Å². The molecule has 122 valence electrons. The summed E-state index contributed by atoms with van der Waals surface area (Å²) in [6, 6.07) is 7.58. The van der Waals surface area contributed by atoms with E-state index in [9.17, 15) is 4.79 Å². The maximum atomic E-state index is 12.0. The van der Waals surface area contributed by atoms with Gasteiger partial charge in [0.15, 0.2) is 5.69 Å². The predicted octanol–water partition coefficient (Wildman–Crippen LogP) is 3.13. The first-order valence-corrected chi connectivity index (χ1v) is 8.22. The fraction of sp³-hybridized carbons (Fsp3) is 0.471. The number of carbonyl (C=O) groups excluding carboxylic acids is 1. The average molecular weight is 314 g/mol. The molecule has 0 atom stereocenters. The maximum Gasteiger partial charge on any atom is 0.272 e. The summed E-state index contributed by atoms with van der Waals surface area (Å²) in [4.78, 5) is 12.0. The van der Waals surface area contributed by atoms with E-state index >= 15 is 0 Å². The van der Waals surface area contributed by atoms with Crippen LogP contribution >= 0.6 is 0 Å². The van der Waals surface area contributed by atoms with E-state index in [1.165, 1.54) is 38.5 Å². The molecule has 6 heteroatoms. The molecule has 0 radical (unpaired) electrons. The maximum absolute atomic E-state index is 12.0. The number of carbonyl (C=O) groups is 1. The highest BCUT2D eigenvalue weighted by atomic mass is 16.3. The van der Waals surface area contributed by atoms with E-state index in [-0.39, 0.29) is 5.91 Å². The Balaban J connectivity index is 1.52. The summed E-state index contributed by atoms with van der Waals surface area (Å²) < 4.78 is 5.17. The van der Waals surface area contributed by atoms with Crippen molar-refractivity contribution in [1.82, 2.24) is 15.5 Å². The van der Waals surface area contributed by atoms with Crippen LogP contribution in [0, 0.1) is 0 Å². The molecular weight excluding hydrogens is 292 g/mol. The highest BCUT2D eigenvalue weighted by molar-refractivity contribution is 5.92. The Hall–Kier alpha value is -2.37. The molecule has 2 heterocycles. The first kappa shape index (κ1) is 15.5. The molecule has 2 N–H and O–H groups in total. The standard InChI is InChI=1S/C17H22N4O2/c22-17(18-12-14-8-5-11-23-14)15-9-10-16(21-20-15)19-13-6-3-1-2-4-7-13/h5,8-11,13H,1-4,6-7,12H2,(H,18,22)(H,19,21). The molecule has 1 aliphatic rings. The van der Waals surface area contributed by atoms with Crippen molar-refractivity contribution < 1.29 is 9.21 Å². The van der Waals surface area contributed by atoms with E-state index in [0.29, 0.717) is 24.0 Å². The summed E-state index contributed by atoms with van der Waals surface area (Å²) in [5, 5.41) is 14.3. The molecule has 0 aromatic carbocycles. The Morgan fingerprint density at radius 2 is 1.96 bits per heavy atom. The molecule has 1 aliphatic carbocycles. The van der Waals surface area contributed by atoms with Crippen molar-refractivity contribution in [2.75, 3.05) is 5.32 Å². The second-order valence-electron chi connectivity index (χ2n) is 5.90. The Kier molecular flexibility index (Phi) is 5.24. The lowest BCUT2D eigenvalue weighted by atomic mass is 10.1. The Morgan fingerprint density at radius 3 is 2.61 bits per heavy atom. The van der Waals surface area contributed by atoms with Crippen LogP contribution in [0.5, 0.6) is 0 Å². The summed E-state index contributed by atoms with van der Waals surface area (Å²) in [5.41, 5.74) is 0.308. The van der Waals surface area contributed by atoms with Gasteiger partial charge >= 0.3 is 0 Å². The van der Waals surface area contributed by atoms with E-state index < -0.39 is 0 Å². The van der Waals surface area contributed by atoms with Crippen molar-refractivity contribution in [2.45, 2.75) is 51.1 Å². The number of anilines is 1. The molecule has 23 heavy (non-hydrogen) atoms. The molecular formula is C17H22N4O2. The summed E-state index contributed by atoms with van der Waals surface area (Å²) in [5.74, 6) is 1.19. The van der Waals surface area contributed by atoms with E-state index in [1.54, 1.807) is 18.4 Å². The highest BCUT2D eigenvalue weighted by Crippen LogP contribution is 2.20. The third-order valence-corrected chi connectivity index (χ3v) is 4.11. The van der Waals surface area contributed by atoms with Crippen LogP contribution in [0.25, 0.3) is 0 Å². The minimum absolute atomic E-state index is 0.255. The van der Waals surface area contributed by atoms with Gasteiger partial charge in [-0.2, -0.15) is 0 Å². The van der Waals surface area contributed by atoms with E-state index in [2.05, 4.69) is 20.8 Å². The van der Waals surface area contributed by atoms with Crippen LogP contribution in [0.4, 0.5) is 5.82 Å². The molecule has 0 spiro atoms. The van der Waals surface area contributed by atoms with Crippen LogP contribution in [0.2, 0.25) is 0 Å². The quantitative estimate of drug-likeness (QED) is 0.829. The number of nitrogens with one attached hydrogen (secondary N) is 2. The molecule has 2 aromatic rings. The van der Waals surface area contributed by atoms with E-state index in [1.807, 2.05) is 12.1 Å². The summed E-state index contributed by atoms with van der Waals surface area (Å²) in [6.07, 6.45) is 9.09. The summed E-state index contributed by atoms with van der Waals surface area (Å²) >= 11 is 0. The van der Waals surface area contributed by atoms with Gasteiger partial charge < -0.3 is 15.1 Å². The number of nitrogens with zero attached hydrogens (tertiary/aromatic N) is 2. The molecule has 0 bridgehead atoms. The normalized spacial score (nSPS) is 15.8. The van der Waals surface area contributed by atoms with Crippen molar-refractivity contribution in [1.29, 1.82) is 0 Å². The second kappa shape index (κ2) is 7.76. The predicted molar refractivity (Wildman–Crippen MR) is 87.0 cm³/mol. The van der Waals surface area contributed by atoms with Gasteiger partial charge in [0, 0.05) is 6.04 Å². The lowest BCUT2D eigenvalue weighted by Gasteiger charge is -2.16. The largest absolute Gasteiger partial charge is 0.467 e. The Bertz CT molecular complexity index is 602. The molecule has 1 amide bonds. The summed E-state index contributed by atoms with van der Waals surface area (Å²) in [7, 11) is 0. The Morgan fingerprint density at radius 1 is 1.13 bits per heavy atom. The molecule has 2 aromatic heterocycles. The van der Waals surface area contributed by atoms with Crippen LogP contribution in [-0.4, -0.2) is 22.1 Å². The second-order valence-corrected chi connectivity index (χ2v) is 5.90. The number of hydrogen-bond acceptors (Lipinski definition) is 5. The molecule has 0 saturated heterocycles. The molecule has 6 nitrogen and oxygen atoms in total. The monoisotopic (exact) mass is 314 g/mol. The summed E-state index contributed by atoms with van der Waals surface area (Å²) in [6.45, 7) is 0.343. The molecule has 3 rings (SSSR count). The van der Waals surface area contributed by atoms with Gasteiger partial charge in [-0.1, -0.05) is 25.7 Å². The molecule has 1 saturated carbocycles. The van der Waals surface area contributed by atoms with E-state index in [4.69, 9.17) is 4.42 Å². The van der Waals surface area contributed by atoms with Crippen molar-refractivity contribution in [3.63, 3.8) is 0 Å². The van der Waals surface area contributed by atoms with Gasteiger partial charge in [0.1, 0.15) is 11.6 Å². The van der Waals surface area contributed by atoms with Gasteiger partial charge in [-0.15, -0.1) is 10.2 Å². The molecule has 1 fully saturated rings. The third kappa shape index (κ3) is 4.55. The van der Waals surface area contributed by atoms with Gasteiger partial charge in [-0.05, 0) is 37.1 Å². The van der Waals surface area contributed by atoms with Gasteiger partial charge in [0.2, 0.25) is 0 Å². The number of hydrogen-bond donors (Lipinski definition) is 2. The topological polar surface area (TPSA) is 80.0 Å². The van der Waals surface area contributed by atoms with Gasteiger partial charge in [-0.25, -0.2) is 0 Å². The minimum atomic E-state index is -0.255. The van der Waals surface area contributed by atoms with Crippen LogP contribution in [-0.2, 0) is 6.54 Å². The zero-order valence-corrected chi connectivity index (χ0v) is 13.1. The van der Waals surface area contributed by atoms with Crippen LogP contribution in [0.1, 0.15) is 54.8 Å². The van der Waals surface area contributed by atoms with Crippen molar-refractivity contribution in [3.8, 4) is 0 Å². The molecule has 0 unspecified atom stereocenters. The first-order valence-electron chi connectivity index (χ1n) is 8.22. The zero-order chi connectivity index (χ0) is 15.9. The van der Waals surface area contributed by atoms with Crippen molar-refractivity contribution in [3.05, 3.63) is 42.0 Å². The van der Waals surface area contributed by atoms with Crippen LogP contribution < -0.4 is 10.6 Å². The first-order chi connectivity index (χ1) is 11.3. The SMILES string of the molecule is O=C(NCc1ccco1)c1ccc(NC2CCCCCC2)nn1. The zero-order valence-electron chi connectivity index (χ0n) is 13.1. The number of rotatable bonds is 5. The number of aromatic nitrogens is 2. The molecule has 0 aliphatic heterocycles. The smallest absolute Gasteiger partial charge is 0.272 e. The number of amides is 1. The minimum Gasteiger partial charge on any atom is -0.467 e. The third-order valence-electron chi connectivity index (χ3n) is 4.11. The number of furan rings is 1. The average Bonchev–Trinajstić information content (AvgIpc) is 2.97. The lowest BCUT2D eigenvalue weighted by Crippen LogP contribution is -2.24. The van der Waals surface area contributed by atoms with Crippen LogP contribution in [0.3, 0.4) is 0 Å². The fourth-order valence-electron chi connectivity index (χ4n) is 2.83.